The molecule has 1 atom stereocenters. The van der Waals surface area contributed by atoms with E-state index in [0.29, 0.717) is 12.5 Å². The second-order valence-electron chi connectivity index (χ2n) is 4.73. The number of aromatic nitrogens is 1. The molecule has 1 aliphatic rings. The lowest BCUT2D eigenvalue weighted by Crippen LogP contribution is -2.30. The van der Waals surface area contributed by atoms with Crippen molar-refractivity contribution in [1.29, 1.82) is 5.26 Å². The van der Waals surface area contributed by atoms with Gasteiger partial charge < -0.3 is 10.1 Å². The molecule has 0 aliphatic carbocycles. The summed E-state index contributed by atoms with van der Waals surface area (Å²) in [4.78, 5) is 14.2. The topological polar surface area (TPSA) is 101 Å². The summed E-state index contributed by atoms with van der Waals surface area (Å²) in [5.74, 6) is 0.458. The molecule has 1 aliphatic heterocycles. The van der Waals surface area contributed by atoms with E-state index < -0.39 is 4.92 Å². The molecule has 1 aromatic rings. The molecule has 20 heavy (non-hydrogen) atoms. The lowest BCUT2D eigenvalue weighted by molar-refractivity contribution is -0.386. The Balaban J connectivity index is 1.98. The van der Waals surface area contributed by atoms with Crippen molar-refractivity contribution in [3.05, 3.63) is 27.9 Å². The van der Waals surface area contributed by atoms with Gasteiger partial charge in [0.2, 0.25) is 0 Å². The van der Waals surface area contributed by atoms with Crippen molar-refractivity contribution in [2.24, 2.45) is 5.92 Å². The average molecular weight is 276 g/mol. The highest BCUT2D eigenvalue weighted by molar-refractivity contribution is 5.54. The van der Waals surface area contributed by atoms with Gasteiger partial charge in [-0.3, -0.25) is 10.1 Å². The molecule has 106 valence electrons. The minimum atomic E-state index is -0.622. The van der Waals surface area contributed by atoms with E-state index >= 15 is 0 Å². The van der Waals surface area contributed by atoms with Gasteiger partial charge in [-0.1, -0.05) is 0 Å². The van der Waals surface area contributed by atoms with E-state index in [0.717, 1.165) is 32.4 Å². The quantitative estimate of drug-likeness (QED) is 0.648. The Morgan fingerprint density at radius 1 is 1.65 bits per heavy atom. The summed E-state index contributed by atoms with van der Waals surface area (Å²) in [7, 11) is 0. The van der Waals surface area contributed by atoms with Crippen LogP contribution < -0.4 is 10.1 Å². The van der Waals surface area contributed by atoms with Crippen LogP contribution in [0.4, 0.5) is 5.69 Å². The molecular formula is C13H16N4O3. The number of pyridine rings is 1. The zero-order valence-corrected chi connectivity index (χ0v) is 11.0. The molecule has 0 bridgehead atoms. The Hall–Kier alpha value is -2.20. The molecule has 1 saturated heterocycles. The Kier molecular flexibility index (Phi) is 4.85. The van der Waals surface area contributed by atoms with Gasteiger partial charge in [0.1, 0.15) is 11.6 Å². The molecule has 0 saturated carbocycles. The van der Waals surface area contributed by atoms with E-state index in [-0.39, 0.29) is 17.1 Å². The SMILES string of the molecule is N#Cc1ccnc(OCCC2CCCNC2)c1[N+](=O)[O-]. The molecule has 1 fully saturated rings. The van der Waals surface area contributed by atoms with Crippen molar-refractivity contribution in [1.82, 2.24) is 10.3 Å². The first-order chi connectivity index (χ1) is 9.72. The number of nitrogens with zero attached hydrogens (tertiary/aromatic N) is 3. The molecule has 0 amide bonds. The Morgan fingerprint density at radius 2 is 2.50 bits per heavy atom. The van der Waals surface area contributed by atoms with Crippen LogP contribution in [-0.2, 0) is 0 Å². The number of piperidine rings is 1. The number of hydrogen-bond acceptors (Lipinski definition) is 6. The molecule has 0 spiro atoms. The lowest BCUT2D eigenvalue weighted by atomic mass is 9.97. The van der Waals surface area contributed by atoms with Crippen LogP contribution in [0.3, 0.4) is 0 Å². The standard InChI is InChI=1S/C13H16N4O3/c14-8-11-3-6-16-13(12(11)17(18)19)20-7-4-10-2-1-5-15-9-10/h3,6,10,15H,1-2,4-5,7,9H2. The second-order valence-corrected chi connectivity index (χ2v) is 4.73. The van der Waals surface area contributed by atoms with E-state index in [2.05, 4.69) is 10.3 Å². The highest BCUT2D eigenvalue weighted by atomic mass is 16.6. The summed E-state index contributed by atoms with van der Waals surface area (Å²) in [6.45, 7) is 2.38. The fourth-order valence-electron chi connectivity index (χ4n) is 2.30. The molecule has 2 heterocycles. The molecule has 0 aromatic carbocycles. The highest BCUT2D eigenvalue weighted by Gasteiger charge is 2.23. The normalized spacial score (nSPS) is 18.2. The Labute approximate surface area is 116 Å². The molecule has 1 unspecified atom stereocenters. The molecule has 7 nitrogen and oxygen atoms in total. The van der Waals surface area contributed by atoms with E-state index in [1.54, 1.807) is 6.07 Å². The number of nitro groups is 1. The first-order valence-electron chi connectivity index (χ1n) is 6.59. The molecule has 1 N–H and O–H groups in total. The number of nitriles is 1. The van der Waals surface area contributed by atoms with Crippen LogP contribution >= 0.6 is 0 Å². The van der Waals surface area contributed by atoms with Crippen molar-refractivity contribution in [3.8, 4) is 11.9 Å². The predicted octanol–water partition coefficient (Wildman–Crippen LogP) is 1.63. The van der Waals surface area contributed by atoms with Gasteiger partial charge in [0.25, 0.3) is 5.88 Å². The minimum absolute atomic E-state index is 0.0284. The number of nitrogens with one attached hydrogen (secondary N) is 1. The zero-order valence-electron chi connectivity index (χ0n) is 11.0. The Bertz CT molecular complexity index is 521. The van der Waals surface area contributed by atoms with Crippen molar-refractivity contribution in [2.45, 2.75) is 19.3 Å². The highest BCUT2D eigenvalue weighted by Crippen LogP contribution is 2.28. The largest absolute Gasteiger partial charge is 0.473 e. The fourth-order valence-corrected chi connectivity index (χ4v) is 2.30. The maximum absolute atomic E-state index is 11.0. The lowest BCUT2D eigenvalue weighted by Gasteiger charge is -2.22. The summed E-state index contributed by atoms with van der Waals surface area (Å²) in [5, 5.41) is 23.2. The maximum atomic E-state index is 11.0. The van der Waals surface area contributed by atoms with Gasteiger partial charge in [0, 0.05) is 6.20 Å². The first-order valence-corrected chi connectivity index (χ1v) is 6.59. The van der Waals surface area contributed by atoms with E-state index in [4.69, 9.17) is 10.00 Å². The molecule has 2 rings (SSSR count). The van der Waals surface area contributed by atoms with Crippen LogP contribution in [0.1, 0.15) is 24.8 Å². The molecule has 7 heteroatoms. The van der Waals surface area contributed by atoms with Crippen molar-refractivity contribution >= 4 is 5.69 Å². The van der Waals surface area contributed by atoms with Gasteiger partial charge in [-0.25, -0.2) is 4.98 Å². The third-order valence-electron chi connectivity index (χ3n) is 3.36. The van der Waals surface area contributed by atoms with Crippen molar-refractivity contribution in [2.75, 3.05) is 19.7 Å². The molecule has 1 aromatic heterocycles. The van der Waals surface area contributed by atoms with Gasteiger partial charge in [-0.15, -0.1) is 0 Å². The van der Waals surface area contributed by atoms with Crippen LogP contribution in [0.2, 0.25) is 0 Å². The summed E-state index contributed by atoms with van der Waals surface area (Å²) in [6, 6.07) is 3.10. The van der Waals surface area contributed by atoms with Gasteiger partial charge in [-0.2, -0.15) is 5.26 Å². The van der Waals surface area contributed by atoms with E-state index in [9.17, 15) is 10.1 Å². The smallest absolute Gasteiger partial charge is 0.348 e. The summed E-state index contributed by atoms with van der Waals surface area (Å²) in [6.07, 6.45) is 4.46. The third kappa shape index (κ3) is 3.42. The Morgan fingerprint density at radius 3 is 3.15 bits per heavy atom. The van der Waals surface area contributed by atoms with Gasteiger partial charge in [0.05, 0.1) is 11.5 Å². The van der Waals surface area contributed by atoms with Crippen LogP contribution in [0.15, 0.2) is 12.3 Å². The summed E-state index contributed by atoms with van der Waals surface area (Å²) in [5.41, 5.74) is -0.379. The average Bonchev–Trinajstić information content (AvgIpc) is 2.47. The van der Waals surface area contributed by atoms with Crippen molar-refractivity contribution < 1.29 is 9.66 Å². The molecule has 0 radical (unpaired) electrons. The zero-order chi connectivity index (χ0) is 14.4. The summed E-state index contributed by atoms with van der Waals surface area (Å²) >= 11 is 0. The van der Waals surface area contributed by atoms with Gasteiger partial charge in [0.15, 0.2) is 0 Å². The molecular weight excluding hydrogens is 260 g/mol. The summed E-state index contributed by atoms with van der Waals surface area (Å²) < 4.78 is 5.41. The van der Waals surface area contributed by atoms with E-state index in [1.807, 2.05) is 0 Å². The number of hydrogen-bond donors (Lipinski definition) is 1. The second kappa shape index (κ2) is 6.82. The van der Waals surface area contributed by atoms with Crippen LogP contribution in [-0.4, -0.2) is 29.6 Å². The minimum Gasteiger partial charge on any atom is -0.473 e. The van der Waals surface area contributed by atoms with Crippen LogP contribution in [0.5, 0.6) is 5.88 Å². The van der Waals surface area contributed by atoms with Gasteiger partial charge in [-0.05, 0) is 44.3 Å². The number of rotatable bonds is 5. The fraction of sp³-hybridized carbons (Fsp3) is 0.538. The monoisotopic (exact) mass is 276 g/mol. The van der Waals surface area contributed by atoms with Crippen LogP contribution in [0.25, 0.3) is 0 Å². The number of ether oxygens (including phenoxy) is 1. The third-order valence-corrected chi connectivity index (χ3v) is 3.36. The predicted molar refractivity (Wildman–Crippen MR) is 71.3 cm³/mol. The first kappa shape index (κ1) is 14.2. The van der Waals surface area contributed by atoms with Gasteiger partial charge >= 0.3 is 5.69 Å². The van der Waals surface area contributed by atoms with Crippen LogP contribution in [0, 0.1) is 27.4 Å². The van der Waals surface area contributed by atoms with Crippen molar-refractivity contribution in [3.63, 3.8) is 0 Å². The van der Waals surface area contributed by atoms with E-state index in [1.165, 1.54) is 12.3 Å². The maximum Gasteiger partial charge on any atom is 0.348 e.